The molecule has 0 spiro atoms. The van der Waals surface area contributed by atoms with Crippen molar-refractivity contribution < 1.29 is 14.6 Å². The fourth-order valence-electron chi connectivity index (χ4n) is 2.01. The second kappa shape index (κ2) is 16.0. The molecule has 0 radical (unpaired) electrons. The Balaban J connectivity index is 3.43. The number of rotatable bonds is 13. The highest BCUT2D eigenvalue weighted by atomic mass is 16.7. The average Bonchev–Trinajstić information content (AvgIpc) is 2.52. The van der Waals surface area contributed by atoms with Crippen LogP contribution >= 0.6 is 0 Å². The number of carbonyl (C=O) groups is 1. The van der Waals surface area contributed by atoms with Crippen molar-refractivity contribution in [2.75, 3.05) is 7.11 Å². The highest BCUT2D eigenvalue weighted by Gasteiger charge is 1.98. The molecule has 3 nitrogen and oxygen atoms in total. The van der Waals surface area contributed by atoms with Crippen molar-refractivity contribution in [1.82, 2.24) is 0 Å². The molecular weight excluding hydrogens is 278 g/mol. The van der Waals surface area contributed by atoms with Gasteiger partial charge in [-0.25, -0.2) is 0 Å². The molecule has 22 heavy (non-hydrogen) atoms. The van der Waals surface area contributed by atoms with Crippen molar-refractivity contribution in [1.29, 1.82) is 0 Å². The summed E-state index contributed by atoms with van der Waals surface area (Å²) in [6.45, 7) is 2.08. The SMILES string of the molecule is CC/C=C\CC(O)/C=C/C=C\CCCCCCC[14C](=O)OC. The fraction of sp³-hybridized carbons (Fsp3) is 0.632. The maximum absolute atomic E-state index is 10.9. The molecule has 1 unspecified atom stereocenters. The standard InChI is InChI=1S/C19H32O3/c1-3-4-12-15-18(20)16-13-10-8-6-5-7-9-11-14-17-19(21)22-2/h4,8,10,12-13,16,18,20H,3,5-7,9,11,14-15,17H2,1-2H3/b10-8-,12-4-,16-13+/i19+2. The molecule has 0 saturated heterocycles. The normalized spacial score (nSPS) is 13.4. The molecular formula is C19H32O3. The molecule has 0 aromatic rings. The Hall–Kier alpha value is -1.35. The zero-order chi connectivity index (χ0) is 16.5. The number of aliphatic hydroxyl groups excluding tert-OH is 1. The van der Waals surface area contributed by atoms with Gasteiger partial charge in [0.15, 0.2) is 0 Å². The van der Waals surface area contributed by atoms with E-state index in [4.69, 9.17) is 0 Å². The fourth-order valence-corrected chi connectivity index (χ4v) is 2.01. The molecule has 1 N–H and O–H groups in total. The van der Waals surface area contributed by atoms with Gasteiger partial charge < -0.3 is 9.84 Å². The van der Waals surface area contributed by atoms with Crippen molar-refractivity contribution >= 4 is 5.97 Å². The van der Waals surface area contributed by atoms with Crippen LogP contribution in [0.25, 0.3) is 0 Å². The van der Waals surface area contributed by atoms with E-state index in [1.54, 1.807) is 0 Å². The average molecular weight is 310 g/mol. The van der Waals surface area contributed by atoms with E-state index < -0.39 is 0 Å². The van der Waals surface area contributed by atoms with Gasteiger partial charge in [0, 0.05) is 6.42 Å². The van der Waals surface area contributed by atoms with Crippen LogP contribution < -0.4 is 0 Å². The molecule has 126 valence electrons. The highest BCUT2D eigenvalue weighted by molar-refractivity contribution is 5.68. The van der Waals surface area contributed by atoms with Crippen LogP contribution in [0.3, 0.4) is 0 Å². The van der Waals surface area contributed by atoms with E-state index in [2.05, 4.69) is 23.8 Å². The van der Waals surface area contributed by atoms with Crippen molar-refractivity contribution in [3.63, 3.8) is 0 Å². The van der Waals surface area contributed by atoms with Crippen molar-refractivity contribution in [2.45, 2.75) is 70.8 Å². The number of esters is 1. The molecule has 0 bridgehead atoms. The molecule has 0 aliphatic heterocycles. The zero-order valence-electron chi connectivity index (χ0n) is 14.2. The summed E-state index contributed by atoms with van der Waals surface area (Å²) in [5, 5.41) is 9.65. The number of aliphatic hydroxyl groups is 1. The number of hydrogen-bond donors (Lipinski definition) is 1. The van der Waals surface area contributed by atoms with Crippen molar-refractivity contribution in [3.8, 4) is 0 Å². The van der Waals surface area contributed by atoms with Crippen molar-refractivity contribution in [3.05, 3.63) is 36.5 Å². The van der Waals surface area contributed by atoms with Gasteiger partial charge in [0.1, 0.15) is 0 Å². The Bertz CT molecular complexity index is 343. The van der Waals surface area contributed by atoms with Crippen LogP contribution in [-0.4, -0.2) is 24.3 Å². The molecule has 0 aliphatic rings. The van der Waals surface area contributed by atoms with Gasteiger partial charge in [-0.05, 0) is 32.1 Å². The van der Waals surface area contributed by atoms with Gasteiger partial charge in [0.2, 0.25) is 0 Å². The molecule has 0 aromatic heterocycles. The summed E-state index contributed by atoms with van der Waals surface area (Å²) in [4.78, 5) is 10.9. The zero-order valence-corrected chi connectivity index (χ0v) is 14.2. The molecule has 1 atom stereocenters. The number of hydrogen-bond acceptors (Lipinski definition) is 3. The van der Waals surface area contributed by atoms with Crippen LogP contribution in [0.15, 0.2) is 36.5 Å². The third-order valence-electron chi connectivity index (χ3n) is 3.34. The number of methoxy groups -OCH3 is 1. The summed E-state index contributed by atoms with van der Waals surface area (Å²) in [6.07, 6.45) is 20.4. The molecule has 0 rings (SSSR count). The number of ether oxygens (including phenoxy) is 1. The maximum Gasteiger partial charge on any atom is 0.305 e. The summed E-state index contributed by atoms with van der Waals surface area (Å²) >= 11 is 0. The van der Waals surface area contributed by atoms with Crippen LogP contribution in [0.2, 0.25) is 0 Å². The molecule has 0 fully saturated rings. The van der Waals surface area contributed by atoms with Crippen LogP contribution in [0, 0.1) is 0 Å². The smallest absolute Gasteiger partial charge is 0.305 e. The minimum Gasteiger partial charge on any atom is -0.469 e. The van der Waals surface area contributed by atoms with E-state index in [0.717, 1.165) is 25.7 Å². The van der Waals surface area contributed by atoms with E-state index in [-0.39, 0.29) is 12.1 Å². The predicted octanol–water partition coefficient (Wildman–Crippen LogP) is 4.72. The Kier molecular flexibility index (Phi) is 15.0. The van der Waals surface area contributed by atoms with Crippen LogP contribution in [0.4, 0.5) is 0 Å². The van der Waals surface area contributed by atoms with Crippen LogP contribution in [0.5, 0.6) is 0 Å². The lowest BCUT2D eigenvalue weighted by Crippen LogP contribution is -1.99. The summed E-state index contributed by atoms with van der Waals surface area (Å²) in [7, 11) is 1.43. The van der Waals surface area contributed by atoms with Crippen LogP contribution in [0.1, 0.15) is 64.7 Å². The van der Waals surface area contributed by atoms with E-state index in [9.17, 15) is 9.90 Å². The number of carbonyl (C=O) groups excluding carboxylic acids is 1. The first kappa shape index (κ1) is 20.6. The lowest BCUT2D eigenvalue weighted by atomic mass is 10.1. The molecule has 0 aliphatic carbocycles. The summed E-state index contributed by atoms with van der Waals surface area (Å²) in [6, 6.07) is 0. The molecule has 0 amide bonds. The van der Waals surface area contributed by atoms with Gasteiger partial charge in [-0.1, -0.05) is 62.6 Å². The van der Waals surface area contributed by atoms with Gasteiger partial charge in [0.25, 0.3) is 0 Å². The van der Waals surface area contributed by atoms with Crippen LogP contribution in [-0.2, 0) is 9.53 Å². The minimum absolute atomic E-state index is 0.109. The molecule has 3 heteroatoms. The molecule has 0 aromatic carbocycles. The monoisotopic (exact) mass is 310 g/mol. The Morgan fingerprint density at radius 2 is 1.77 bits per heavy atom. The van der Waals surface area contributed by atoms with Gasteiger partial charge in [-0.2, -0.15) is 0 Å². The van der Waals surface area contributed by atoms with E-state index in [1.807, 2.05) is 24.3 Å². The predicted molar refractivity (Wildman–Crippen MR) is 92.7 cm³/mol. The Morgan fingerprint density at radius 1 is 1.05 bits per heavy atom. The number of unbranched alkanes of at least 4 members (excludes halogenated alkanes) is 5. The largest absolute Gasteiger partial charge is 0.469 e. The first-order chi connectivity index (χ1) is 10.7. The highest BCUT2D eigenvalue weighted by Crippen LogP contribution is 2.08. The molecule has 0 saturated carbocycles. The Morgan fingerprint density at radius 3 is 2.50 bits per heavy atom. The van der Waals surface area contributed by atoms with Gasteiger partial charge in [-0.15, -0.1) is 0 Å². The maximum atomic E-state index is 10.9. The van der Waals surface area contributed by atoms with E-state index >= 15 is 0 Å². The first-order valence-corrected chi connectivity index (χ1v) is 8.44. The minimum atomic E-state index is -0.387. The number of allylic oxidation sites excluding steroid dienone is 4. The van der Waals surface area contributed by atoms with Gasteiger partial charge in [0.05, 0.1) is 13.2 Å². The summed E-state index contributed by atoms with van der Waals surface area (Å²) in [5.74, 6) is -0.109. The third kappa shape index (κ3) is 15.0. The lowest BCUT2D eigenvalue weighted by Gasteiger charge is -2.00. The van der Waals surface area contributed by atoms with Gasteiger partial charge in [-0.3, -0.25) is 4.79 Å². The van der Waals surface area contributed by atoms with Gasteiger partial charge >= 0.3 is 5.97 Å². The molecule has 0 heterocycles. The first-order valence-electron chi connectivity index (χ1n) is 8.44. The quantitative estimate of drug-likeness (QED) is 0.232. The topological polar surface area (TPSA) is 46.5 Å². The second-order valence-electron chi connectivity index (χ2n) is 5.38. The Labute approximate surface area is 135 Å². The van der Waals surface area contributed by atoms with E-state index in [1.165, 1.54) is 26.4 Å². The van der Waals surface area contributed by atoms with Crippen molar-refractivity contribution in [2.24, 2.45) is 0 Å². The van der Waals surface area contributed by atoms with E-state index in [0.29, 0.717) is 12.8 Å². The lowest BCUT2D eigenvalue weighted by molar-refractivity contribution is -0.140. The summed E-state index contributed by atoms with van der Waals surface area (Å²) < 4.78 is 4.60. The summed E-state index contributed by atoms with van der Waals surface area (Å²) in [5.41, 5.74) is 0. The second-order valence-corrected chi connectivity index (χ2v) is 5.38. The third-order valence-corrected chi connectivity index (χ3v) is 3.34.